The lowest BCUT2D eigenvalue weighted by Crippen LogP contribution is -2.43. The number of phenols is 1. The summed E-state index contributed by atoms with van der Waals surface area (Å²) in [5.41, 5.74) is 1.05. The van der Waals surface area contributed by atoms with Crippen molar-refractivity contribution in [1.29, 1.82) is 0 Å². The molecule has 1 aliphatic heterocycles. The molecule has 4 nitrogen and oxygen atoms in total. The van der Waals surface area contributed by atoms with Gasteiger partial charge in [-0.05, 0) is 25.0 Å². The number of carbonyl (C=O) groups is 2. The molecule has 17 heavy (non-hydrogen) atoms. The summed E-state index contributed by atoms with van der Waals surface area (Å²) in [6.07, 6.45) is 0.752. The van der Waals surface area contributed by atoms with Crippen molar-refractivity contribution in [1.82, 2.24) is 0 Å². The highest BCUT2D eigenvalue weighted by Gasteiger charge is 2.32. The van der Waals surface area contributed by atoms with Crippen molar-refractivity contribution in [3.63, 3.8) is 0 Å². The first kappa shape index (κ1) is 11.6. The maximum atomic E-state index is 11.9. The molecule has 2 amide bonds. The van der Waals surface area contributed by atoms with Gasteiger partial charge in [0.05, 0.1) is 5.69 Å². The van der Waals surface area contributed by atoms with E-state index in [9.17, 15) is 14.7 Å². The number of piperidine rings is 1. The van der Waals surface area contributed by atoms with Crippen LogP contribution in [-0.2, 0) is 9.59 Å². The minimum atomic E-state index is -0.192. The molecule has 90 valence electrons. The molecule has 4 heteroatoms. The van der Waals surface area contributed by atoms with E-state index in [1.54, 1.807) is 25.1 Å². The lowest BCUT2D eigenvalue weighted by molar-refractivity contribution is -0.130. The number of benzene rings is 1. The van der Waals surface area contributed by atoms with Gasteiger partial charge >= 0.3 is 0 Å². The van der Waals surface area contributed by atoms with E-state index >= 15 is 0 Å². The summed E-state index contributed by atoms with van der Waals surface area (Å²) >= 11 is 0. The van der Waals surface area contributed by atoms with Gasteiger partial charge < -0.3 is 5.11 Å². The SMILES string of the molecule is Cc1c(O)cccc1N1C(=O)CC(C)CC1=O. The number of nitrogens with zero attached hydrogens (tertiary/aromatic N) is 1. The van der Waals surface area contributed by atoms with E-state index < -0.39 is 0 Å². The average Bonchev–Trinajstić information content (AvgIpc) is 2.23. The van der Waals surface area contributed by atoms with Crippen LogP contribution < -0.4 is 4.90 Å². The molecule has 0 spiro atoms. The zero-order valence-corrected chi connectivity index (χ0v) is 9.93. The summed E-state index contributed by atoms with van der Waals surface area (Å²) in [6.45, 7) is 3.59. The fraction of sp³-hybridized carbons (Fsp3) is 0.385. The molecular weight excluding hydrogens is 218 g/mol. The number of hydrogen-bond donors (Lipinski definition) is 1. The smallest absolute Gasteiger partial charge is 0.234 e. The van der Waals surface area contributed by atoms with Gasteiger partial charge in [-0.2, -0.15) is 0 Å². The van der Waals surface area contributed by atoms with Gasteiger partial charge in [-0.15, -0.1) is 0 Å². The summed E-state index contributed by atoms with van der Waals surface area (Å²) in [5.74, 6) is -0.185. The van der Waals surface area contributed by atoms with Crippen LogP contribution in [0.2, 0.25) is 0 Å². The standard InChI is InChI=1S/C13H15NO3/c1-8-6-12(16)14(13(17)7-8)10-4-3-5-11(15)9(10)2/h3-5,8,15H,6-7H2,1-2H3. The number of amides is 2. The highest BCUT2D eigenvalue weighted by Crippen LogP contribution is 2.31. The Kier molecular flexibility index (Phi) is 2.88. The fourth-order valence-corrected chi connectivity index (χ4v) is 2.11. The minimum absolute atomic E-state index is 0.0988. The molecular formula is C13H15NO3. The molecule has 1 aromatic rings. The molecule has 1 aromatic carbocycles. The van der Waals surface area contributed by atoms with Crippen LogP contribution >= 0.6 is 0 Å². The summed E-state index contributed by atoms with van der Waals surface area (Å²) in [7, 11) is 0. The highest BCUT2D eigenvalue weighted by atomic mass is 16.3. The second kappa shape index (κ2) is 4.20. The van der Waals surface area contributed by atoms with Gasteiger partial charge in [-0.25, -0.2) is 0 Å². The minimum Gasteiger partial charge on any atom is -0.508 e. The van der Waals surface area contributed by atoms with Crippen molar-refractivity contribution in [2.45, 2.75) is 26.7 Å². The van der Waals surface area contributed by atoms with Crippen LogP contribution in [0.3, 0.4) is 0 Å². The van der Waals surface area contributed by atoms with Crippen LogP contribution in [0.4, 0.5) is 5.69 Å². The molecule has 0 unspecified atom stereocenters. The van der Waals surface area contributed by atoms with E-state index in [1.165, 1.54) is 4.90 Å². The predicted octanol–water partition coefficient (Wildman–Crippen LogP) is 1.99. The quantitative estimate of drug-likeness (QED) is 0.755. The molecule has 1 heterocycles. The highest BCUT2D eigenvalue weighted by molar-refractivity contribution is 6.17. The van der Waals surface area contributed by atoms with Crippen LogP contribution in [0.25, 0.3) is 0 Å². The zero-order valence-electron chi connectivity index (χ0n) is 9.93. The Morgan fingerprint density at radius 1 is 1.24 bits per heavy atom. The van der Waals surface area contributed by atoms with Crippen molar-refractivity contribution >= 4 is 17.5 Å². The molecule has 0 saturated carbocycles. The third-order valence-corrected chi connectivity index (χ3v) is 3.06. The van der Waals surface area contributed by atoms with Crippen molar-refractivity contribution < 1.29 is 14.7 Å². The van der Waals surface area contributed by atoms with Crippen molar-refractivity contribution in [3.8, 4) is 5.75 Å². The maximum Gasteiger partial charge on any atom is 0.234 e. The van der Waals surface area contributed by atoms with Gasteiger partial charge in [0.15, 0.2) is 0 Å². The molecule has 1 saturated heterocycles. The molecule has 1 aliphatic rings. The molecule has 1 N–H and O–H groups in total. The van der Waals surface area contributed by atoms with Crippen LogP contribution in [0, 0.1) is 12.8 Å². The van der Waals surface area contributed by atoms with E-state index in [4.69, 9.17) is 0 Å². The molecule has 0 aliphatic carbocycles. The monoisotopic (exact) mass is 233 g/mol. The van der Waals surface area contributed by atoms with Gasteiger partial charge in [-0.3, -0.25) is 14.5 Å². The van der Waals surface area contributed by atoms with Gasteiger partial charge in [0.25, 0.3) is 0 Å². The number of rotatable bonds is 1. The number of hydrogen-bond acceptors (Lipinski definition) is 3. The van der Waals surface area contributed by atoms with Crippen LogP contribution in [0.5, 0.6) is 5.75 Å². The summed E-state index contributed by atoms with van der Waals surface area (Å²) < 4.78 is 0. The number of imide groups is 1. The Hall–Kier alpha value is -1.84. The van der Waals surface area contributed by atoms with E-state index in [-0.39, 0.29) is 23.5 Å². The van der Waals surface area contributed by atoms with E-state index in [0.29, 0.717) is 24.1 Å². The molecule has 0 atom stereocenters. The Balaban J connectivity index is 2.42. The summed E-state index contributed by atoms with van der Waals surface area (Å²) in [5, 5.41) is 9.61. The van der Waals surface area contributed by atoms with E-state index in [2.05, 4.69) is 0 Å². The second-order valence-corrected chi connectivity index (χ2v) is 4.56. The number of phenolic OH excluding ortho intramolecular Hbond substituents is 1. The lowest BCUT2D eigenvalue weighted by Gasteiger charge is -2.29. The Bertz CT molecular complexity index is 464. The van der Waals surface area contributed by atoms with Crippen LogP contribution in [-0.4, -0.2) is 16.9 Å². The molecule has 0 radical (unpaired) electrons. The van der Waals surface area contributed by atoms with Gasteiger partial charge in [-0.1, -0.05) is 13.0 Å². The molecule has 1 fully saturated rings. The first-order valence-corrected chi connectivity index (χ1v) is 5.65. The number of carbonyl (C=O) groups excluding carboxylic acids is 2. The van der Waals surface area contributed by atoms with Gasteiger partial charge in [0.2, 0.25) is 11.8 Å². The molecule has 0 bridgehead atoms. The first-order chi connectivity index (χ1) is 8.00. The topological polar surface area (TPSA) is 57.6 Å². The van der Waals surface area contributed by atoms with Crippen molar-refractivity contribution in [2.75, 3.05) is 4.90 Å². The van der Waals surface area contributed by atoms with Crippen LogP contribution in [0.1, 0.15) is 25.3 Å². The molecule has 2 rings (SSSR count). The predicted molar refractivity (Wildman–Crippen MR) is 63.7 cm³/mol. The van der Waals surface area contributed by atoms with E-state index in [0.717, 1.165) is 0 Å². The maximum absolute atomic E-state index is 11.9. The van der Waals surface area contributed by atoms with Crippen molar-refractivity contribution in [3.05, 3.63) is 23.8 Å². The Morgan fingerprint density at radius 3 is 2.41 bits per heavy atom. The second-order valence-electron chi connectivity index (χ2n) is 4.56. The third-order valence-electron chi connectivity index (χ3n) is 3.06. The van der Waals surface area contributed by atoms with Crippen molar-refractivity contribution in [2.24, 2.45) is 5.92 Å². The Morgan fingerprint density at radius 2 is 1.82 bits per heavy atom. The van der Waals surface area contributed by atoms with E-state index in [1.807, 2.05) is 6.92 Å². The van der Waals surface area contributed by atoms with Gasteiger partial charge in [0, 0.05) is 18.4 Å². The van der Waals surface area contributed by atoms with Crippen LogP contribution in [0.15, 0.2) is 18.2 Å². The Labute approximate surface area is 99.9 Å². The average molecular weight is 233 g/mol. The zero-order chi connectivity index (χ0) is 12.6. The summed E-state index contributed by atoms with van der Waals surface area (Å²) in [4.78, 5) is 25.0. The molecule has 0 aromatic heterocycles. The first-order valence-electron chi connectivity index (χ1n) is 5.65. The fourth-order valence-electron chi connectivity index (χ4n) is 2.11. The number of aromatic hydroxyl groups is 1. The largest absolute Gasteiger partial charge is 0.508 e. The lowest BCUT2D eigenvalue weighted by atomic mass is 9.96. The van der Waals surface area contributed by atoms with Gasteiger partial charge in [0.1, 0.15) is 5.75 Å². The number of anilines is 1. The normalized spacial score (nSPS) is 17.6. The summed E-state index contributed by atoms with van der Waals surface area (Å²) in [6, 6.07) is 4.86. The third kappa shape index (κ3) is 2.02.